The fraction of sp³-hybridized carbons (Fsp3) is 0.583. The van der Waals surface area contributed by atoms with E-state index in [1.807, 2.05) is 0 Å². The molecule has 0 aliphatic carbocycles. The predicted molar refractivity (Wildman–Crippen MR) is 74.1 cm³/mol. The van der Waals surface area contributed by atoms with Crippen molar-refractivity contribution >= 4 is 29.8 Å². The standard InChI is InChI=1S/C10H16N2O8.C2H4O2.Na/c13-7(14)3-11(4-8(15)16)1-2-12(5-9(17)18)6-10(19)20;1-2(3)4;/h1-6H2,(H,13,14)(H,15,16)(H,17,18)(H,19,20);1H3,(H,3,4);/q;;+1/p-1. The first-order valence-electron chi connectivity index (χ1n) is 6.43. The number of nitrogens with zero attached hydrogens (tertiary/aromatic N) is 2. The molecular weight excluding hydrogens is 355 g/mol. The Labute approximate surface area is 164 Å². The minimum Gasteiger partial charge on any atom is -0.550 e. The summed E-state index contributed by atoms with van der Waals surface area (Å²) in [5.74, 6) is -5.99. The minimum atomic E-state index is -1.23. The summed E-state index contributed by atoms with van der Waals surface area (Å²) in [4.78, 5) is 53.3. The van der Waals surface area contributed by atoms with Gasteiger partial charge >= 0.3 is 53.4 Å². The zero-order valence-electron chi connectivity index (χ0n) is 13.9. The number of carbonyl (C=O) groups excluding carboxylic acids is 1. The van der Waals surface area contributed by atoms with Crippen LogP contribution in [0, 0.1) is 0 Å². The van der Waals surface area contributed by atoms with Gasteiger partial charge in [-0.25, -0.2) is 0 Å². The van der Waals surface area contributed by atoms with Crippen molar-refractivity contribution in [2.45, 2.75) is 6.92 Å². The van der Waals surface area contributed by atoms with Crippen molar-refractivity contribution in [1.29, 1.82) is 0 Å². The van der Waals surface area contributed by atoms with Crippen LogP contribution in [0.15, 0.2) is 0 Å². The maximum absolute atomic E-state index is 10.6. The maximum Gasteiger partial charge on any atom is 1.00 e. The summed E-state index contributed by atoms with van der Waals surface area (Å²) in [6.45, 7) is -1.28. The number of carbonyl (C=O) groups is 5. The summed E-state index contributed by atoms with van der Waals surface area (Å²) in [7, 11) is 0. The van der Waals surface area contributed by atoms with Gasteiger partial charge in [-0.1, -0.05) is 0 Å². The van der Waals surface area contributed by atoms with Crippen molar-refractivity contribution in [2.75, 3.05) is 39.3 Å². The zero-order valence-corrected chi connectivity index (χ0v) is 15.9. The van der Waals surface area contributed by atoms with Gasteiger partial charge in [0.05, 0.1) is 26.2 Å². The van der Waals surface area contributed by atoms with Crippen molar-refractivity contribution in [3.8, 4) is 0 Å². The Morgan fingerprint density at radius 2 is 0.840 bits per heavy atom. The topological polar surface area (TPSA) is 196 Å². The molecule has 0 aromatic heterocycles. The molecule has 0 spiro atoms. The molecule has 0 fully saturated rings. The molecule has 0 aliphatic heterocycles. The van der Waals surface area contributed by atoms with Crippen LogP contribution >= 0.6 is 0 Å². The van der Waals surface area contributed by atoms with E-state index in [4.69, 9.17) is 30.3 Å². The molecule has 4 N–H and O–H groups in total. The molecule has 12 nitrogen and oxygen atoms in total. The SMILES string of the molecule is CC(=O)[O-].O=C(O)CN(CCN(CC(=O)O)CC(=O)O)CC(=O)O.[Na+]. The van der Waals surface area contributed by atoms with Crippen LogP contribution in [-0.2, 0) is 24.0 Å². The van der Waals surface area contributed by atoms with E-state index in [0.717, 1.165) is 16.7 Å². The van der Waals surface area contributed by atoms with E-state index in [1.54, 1.807) is 0 Å². The van der Waals surface area contributed by atoms with Gasteiger partial charge in [0.25, 0.3) is 0 Å². The van der Waals surface area contributed by atoms with Crippen LogP contribution in [0.5, 0.6) is 0 Å². The molecule has 0 radical (unpaired) electrons. The second-order valence-electron chi connectivity index (χ2n) is 4.49. The molecule has 0 bridgehead atoms. The van der Waals surface area contributed by atoms with Crippen LogP contribution in [0.1, 0.15) is 6.92 Å². The van der Waals surface area contributed by atoms with E-state index < -0.39 is 56.0 Å². The third kappa shape index (κ3) is 24.6. The summed E-state index contributed by atoms with van der Waals surface area (Å²) in [5.41, 5.74) is 0. The van der Waals surface area contributed by atoms with Crippen molar-refractivity contribution in [1.82, 2.24) is 9.80 Å². The zero-order chi connectivity index (χ0) is 19.3. The number of carboxylic acids is 5. The Hall–Kier alpha value is -1.73. The second kappa shape index (κ2) is 15.8. The van der Waals surface area contributed by atoms with Crippen molar-refractivity contribution < 1.29 is 79.1 Å². The molecule has 13 heteroatoms. The Morgan fingerprint density at radius 1 is 0.680 bits per heavy atom. The molecule has 0 amide bonds. The molecule has 0 rings (SSSR count). The van der Waals surface area contributed by atoms with E-state index in [2.05, 4.69) is 0 Å². The summed E-state index contributed by atoms with van der Waals surface area (Å²) in [5, 5.41) is 43.4. The third-order valence-electron chi connectivity index (χ3n) is 2.17. The Kier molecular flexibility index (Phi) is 17.7. The van der Waals surface area contributed by atoms with Crippen LogP contribution in [-0.4, -0.2) is 99.3 Å². The first kappa shape index (κ1) is 28.1. The van der Waals surface area contributed by atoms with Gasteiger partial charge in [0.1, 0.15) is 0 Å². The summed E-state index contributed by atoms with van der Waals surface area (Å²) < 4.78 is 0. The maximum atomic E-state index is 10.6. The molecule has 0 heterocycles. The fourth-order valence-electron chi connectivity index (χ4n) is 1.48. The smallest absolute Gasteiger partial charge is 0.550 e. The molecular formula is C12H19N2NaO10. The first-order valence-corrected chi connectivity index (χ1v) is 6.43. The van der Waals surface area contributed by atoms with Crippen LogP contribution in [0.25, 0.3) is 0 Å². The van der Waals surface area contributed by atoms with Crippen LogP contribution in [0.3, 0.4) is 0 Å². The van der Waals surface area contributed by atoms with Gasteiger partial charge in [-0.15, -0.1) is 0 Å². The molecule has 0 aliphatic rings. The summed E-state index contributed by atoms with van der Waals surface area (Å²) in [6, 6.07) is 0. The van der Waals surface area contributed by atoms with Crippen molar-refractivity contribution in [3.63, 3.8) is 0 Å². The molecule has 0 unspecified atom stereocenters. The molecule has 0 atom stereocenters. The fourth-order valence-corrected chi connectivity index (χ4v) is 1.48. The van der Waals surface area contributed by atoms with Gasteiger partial charge in [0.15, 0.2) is 0 Å². The van der Waals surface area contributed by atoms with E-state index in [1.165, 1.54) is 0 Å². The Morgan fingerprint density at radius 3 is 0.960 bits per heavy atom. The van der Waals surface area contributed by atoms with Crippen molar-refractivity contribution in [3.05, 3.63) is 0 Å². The quantitative estimate of drug-likeness (QED) is 0.250. The van der Waals surface area contributed by atoms with Gasteiger partial charge in [0, 0.05) is 19.1 Å². The first-order chi connectivity index (χ1) is 10.9. The molecule has 0 saturated heterocycles. The Bertz CT molecular complexity index is 399. The summed E-state index contributed by atoms with van der Waals surface area (Å²) >= 11 is 0. The molecule has 0 aromatic carbocycles. The summed E-state index contributed by atoms with van der Waals surface area (Å²) in [6.07, 6.45) is 0. The van der Waals surface area contributed by atoms with Gasteiger partial charge < -0.3 is 30.3 Å². The molecule has 25 heavy (non-hydrogen) atoms. The molecule has 0 aromatic rings. The number of aliphatic carboxylic acids is 5. The van der Waals surface area contributed by atoms with E-state index in [9.17, 15) is 19.2 Å². The largest absolute Gasteiger partial charge is 1.00 e. The number of rotatable bonds is 11. The number of hydrogen-bond donors (Lipinski definition) is 4. The second-order valence-corrected chi connectivity index (χ2v) is 4.49. The van der Waals surface area contributed by atoms with Crippen LogP contribution < -0.4 is 34.7 Å². The Balaban J connectivity index is -0.000000867. The van der Waals surface area contributed by atoms with Crippen LogP contribution in [0.4, 0.5) is 0 Å². The monoisotopic (exact) mass is 374 g/mol. The average molecular weight is 374 g/mol. The van der Waals surface area contributed by atoms with E-state index in [0.29, 0.717) is 0 Å². The third-order valence-corrected chi connectivity index (χ3v) is 2.17. The van der Waals surface area contributed by atoms with E-state index >= 15 is 0 Å². The van der Waals surface area contributed by atoms with Gasteiger partial charge in [-0.05, 0) is 6.92 Å². The molecule has 138 valence electrons. The van der Waals surface area contributed by atoms with Gasteiger partial charge in [-0.3, -0.25) is 29.0 Å². The number of hydrogen-bond acceptors (Lipinski definition) is 8. The normalized spacial score (nSPS) is 9.56. The van der Waals surface area contributed by atoms with Gasteiger partial charge in [0.2, 0.25) is 0 Å². The van der Waals surface area contributed by atoms with Crippen molar-refractivity contribution in [2.24, 2.45) is 0 Å². The minimum absolute atomic E-state index is 0. The average Bonchev–Trinajstić information content (AvgIpc) is 2.32. The predicted octanol–water partition coefficient (Wildman–Crippen LogP) is -6.31. The van der Waals surface area contributed by atoms with Crippen LogP contribution in [0.2, 0.25) is 0 Å². The molecule has 0 saturated carbocycles. The van der Waals surface area contributed by atoms with E-state index in [-0.39, 0.29) is 42.6 Å². The van der Waals surface area contributed by atoms with Gasteiger partial charge in [-0.2, -0.15) is 0 Å². The number of carboxylic acid groups (broad SMARTS) is 5.